The van der Waals surface area contributed by atoms with E-state index in [2.05, 4.69) is 24.9 Å². The Hall–Kier alpha value is -2.84. The Balaban J connectivity index is 1.66. The van der Waals surface area contributed by atoms with Gasteiger partial charge >= 0.3 is 6.36 Å². The smallest absolute Gasteiger partial charge is 0.406 e. The number of hydrogen-bond acceptors (Lipinski definition) is 5. The van der Waals surface area contributed by atoms with Crippen LogP contribution >= 0.6 is 0 Å². The first kappa shape index (κ1) is 18.9. The van der Waals surface area contributed by atoms with E-state index in [0.717, 1.165) is 31.7 Å². The van der Waals surface area contributed by atoms with Gasteiger partial charge in [0.25, 0.3) is 0 Å². The zero-order chi connectivity index (χ0) is 19.3. The number of anilines is 1. The summed E-state index contributed by atoms with van der Waals surface area (Å²) in [6.07, 6.45) is -0.650. The molecule has 1 saturated heterocycles. The molecule has 144 valence electrons. The molecular formula is C18H19F3N4O2. The van der Waals surface area contributed by atoms with E-state index in [4.69, 9.17) is 0 Å². The number of rotatable bonds is 6. The van der Waals surface area contributed by atoms with Gasteiger partial charge in [0, 0.05) is 31.3 Å². The molecular weight excluding hydrogens is 361 g/mol. The number of halogens is 3. The minimum absolute atomic E-state index is 0.272. The van der Waals surface area contributed by atoms with Crippen LogP contribution in [0, 0.1) is 5.92 Å². The summed E-state index contributed by atoms with van der Waals surface area (Å²) in [7, 11) is 0. The lowest BCUT2D eigenvalue weighted by Gasteiger charge is -2.32. The van der Waals surface area contributed by atoms with Gasteiger partial charge in [0.05, 0.1) is 5.69 Å². The fourth-order valence-corrected chi connectivity index (χ4v) is 3.09. The van der Waals surface area contributed by atoms with Gasteiger partial charge in [-0.15, -0.1) is 13.2 Å². The van der Waals surface area contributed by atoms with Gasteiger partial charge in [0.2, 0.25) is 6.41 Å². The second kappa shape index (κ2) is 8.24. The van der Waals surface area contributed by atoms with Crippen molar-refractivity contribution in [2.24, 2.45) is 5.92 Å². The Kier molecular flexibility index (Phi) is 5.78. The monoisotopic (exact) mass is 380 g/mol. The van der Waals surface area contributed by atoms with Crippen molar-refractivity contribution in [1.29, 1.82) is 0 Å². The number of hydrogen-bond donors (Lipinski definition) is 1. The van der Waals surface area contributed by atoms with Crippen LogP contribution in [0.3, 0.4) is 0 Å². The van der Waals surface area contributed by atoms with Gasteiger partial charge in [-0.05, 0) is 43.0 Å². The summed E-state index contributed by atoms with van der Waals surface area (Å²) in [5.74, 6) is 0.956. The molecule has 0 bridgehead atoms. The van der Waals surface area contributed by atoms with Crippen LogP contribution in [-0.2, 0) is 4.79 Å². The highest BCUT2D eigenvalue weighted by Gasteiger charge is 2.31. The molecule has 1 aromatic heterocycles. The maximum atomic E-state index is 12.3. The standard InChI is InChI=1S/C18H19F3N4O2/c19-18(20,21)27-15-3-1-14(2-4-15)16-9-17(24-11-23-16)25-7-5-13(6-8-25)10-22-12-26/h1-4,9,11-13H,5-8,10H2,(H,22,26). The van der Waals surface area contributed by atoms with Gasteiger partial charge in [-0.1, -0.05) is 0 Å². The second-order valence-corrected chi connectivity index (χ2v) is 6.29. The van der Waals surface area contributed by atoms with Gasteiger partial charge < -0.3 is 15.0 Å². The van der Waals surface area contributed by atoms with Crippen molar-refractivity contribution < 1.29 is 22.7 Å². The Bertz CT molecular complexity index is 760. The molecule has 9 heteroatoms. The van der Waals surface area contributed by atoms with E-state index in [1.807, 2.05) is 6.07 Å². The third-order valence-corrected chi connectivity index (χ3v) is 4.46. The maximum absolute atomic E-state index is 12.3. The summed E-state index contributed by atoms with van der Waals surface area (Å²) in [6, 6.07) is 7.41. The Morgan fingerprint density at radius 3 is 2.52 bits per heavy atom. The normalized spacial score (nSPS) is 15.4. The minimum Gasteiger partial charge on any atom is -0.406 e. The molecule has 0 aliphatic carbocycles. The first-order valence-electron chi connectivity index (χ1n) is 8.55. The van der Waals surface area contributed by atoms with E-state index in [-0.39, 0.29) is 5.75 Å². The van der Waals surface area contributed by atoms with E-state index in [0.29, 0.717) is 30.1 Å². The van der Waals surface area contributed by atoms with Crippen LogP contribution in [0.15, 0.2) is 36.7 Å². The van der Waals surface area contributed by atoms with Crippen LogP contribution in [0.4, 0.5) is 19.0 Å². The predicted molar refractivity (Wildman–Crippen MR) is 93.2 cm³/mol. The molecule has 1 N–H and O–H groups in total. The molecule has 1 aliphatic heterocycles. The zero-order valence-corrected chi connectivity index (χ0v) is 14.4. The first-order valence-corrected chi connectivity index (χ1v) is 8.55. The Morgan fingerprint density at radius 2 is 1.89 bits per heavy atom. The number of aromatic nitrogens is 2. The molecule has 27 heavy (non-hydrogen) atoms. The number of ether oxygens (including phenoxy) is 1. The topological polar surface area (TPSA) is 67.4 Å². The molecule has 2 aromatic rings. The lowest BCUT2D eigenvalue weighted by atomic mass is 9.97. The molecule has 0 radical (unpaired) electrons. The Morgan fingerprint density at radius 1 is 1.19 bits per heavy atom. The van der Waals surface area contributed by atoms with E-state index >= 15 is 0 Å². The van der Waals surface area contributed by atoms with Crippen molar-refractivity contribution in [2.75, 3.05) is 24.5 Å². The number of nitrogens with zero attached hydrogens (tertiary/aromatic N) is 3. The maximum Gasteiger partial charge on any atom is 0.573 e. The van der Waals surface area contributed by atoms with E-state index in [9.17, 15) is 18.0 Å². The molecule has 1 fully saturated rings. The number of piperidine rings is 1. The highest BCUT2D eigenvalue weighted by atomic mass is 19.4. The number of alkyl halides is 3. The van der Waals surface area contributed by atoms with E-state index in [1.165, 1.54) is 30.6 Å². The molecule has 6 nitrogen and oxygen atoms in total. The third-order valence-electron chi connectivity index (χ3n) is 4.46. The molecule has 0 atom stereocenters. The van der Waals surface area contributed by atoms with Crippen LogP contribution in [0.5, 0.6) is 5.75 Å². The highest BCUT2D eigenvalue weighted by molar-refractivity contribution is 5.63. The number of carbonyl (C=O) groups is 1. The molecule has 1 aliphatic rings. The number of carbonyl (C=O) groups excluding carboxylic acids is 1. The highest BCUT2D eigenvalue weighted by Crippen LogP contribution is 2.28. The summed E-state index contributed by atoms with van der Waals surface area (Å²) in [4.78, 5) is 21.1. The number of nitrogens with one attached hydrogen (secondary N) is 1. The van der Waals surface area contributed by atoms with Crippen LogP contribution < -0.4 is 15.0 Å². The van der Waals surface area contributed by atoms with Crippen LogP contribution in [0.1, 0.15) is 12.8 Å². The molecule has 2 heterocycles. The molecule has 0 spiro atoms. The summed E-state index contributed by atoms with van der Waals surface area (Å²) in [5.41, 5.74) is 1.31. The Labute approximate surface area is 154 Å². The van der Waals surface area contributed by atoms with Crippen LogP contribution in [-0.4, -0.2) is 42.4 Å². The van der Waals surface area contributed by atoms with Crippen LogP contribution in [0.25, 0.3) is 11.3 Å². The van der Waals surface area contributed by atoms with Crippen molar-refractivity contribution in [3.8, 4) is 17.0 Å². The summed E-state index contributed by atoms with van der Waals surface area (Å²) >= 11 is 0. The van der Waals surface area contributed by atoms with Gasteiger partial charge in [-0.3, -0.25) is 4.79 Å². The van der Waals surface area contributed by atoms with Gasteiger partial charge in [0.1, 0.15) is 17.9 Å². The molecule has 1 amide bonds. The molecule has 1 aromatic carbocycles. The van der Waals surface area contributed by atoms with Gasteiger partial charge in [0.15, 0.2) is 0 Å². The zero-order valence-electron chi connectivity index (χ0n) is 14.4. The lowest BCUT2D eigenvalue weighted by Crippen LogP contribution is -2.37. The fraction of sp³-hybridized carbons (Fsp3) is 0.389. The average Bonchev–Trinajstić information content (AvgIpc) is 2.66. The lowest BCUT2D eigenvalue weighted by molar-refractivity contribution is -0.274. The first-order chi connectivity index (χ1) is 12.9. The van der Waals surface area contributed by atoms with E-state index in [1.54, 1.807) is 0 Å². The SMILES string of the molecule is O=CNCC1CCN(c2cc(-c3ccc(OC(F)(F)F)cc3)ncn2)CC1. The van der Waals surface area contributed by atoms with Crippen molar-refractivity contribution in [3.63, 3.8) is 0 Å². The predicted octanol–water partition coefficient (Wildman–Crippen LogP) is 3.00. The molecule has 0 saturated carbocycles. The third kappa shape index (κ3) is 5.32. The number of amides is 1. The van der Waals surface area contributed by atoms with Crippen molar-refractivity contribution in [2.45, 2.75) is 19.2 Å². The van der Waals surface area contributed by atoms with Gasteiger partial charge in [-0.25, -0.2) is 9.97 Å². The van der Waals surface area contributed by atoms with Crippen LogP contribution in [0.2, 0.25) is 0 Å². The van der Waals surface area contributed by atoms with Gasteiger partial charge in [-0.2, -0.15) is 0 Å². The quantitative estimate of drug-likeness (QED) is 0.781. The number of benzene rings is 1. The molecule has 3 rings (SSSR count). The summed E-state index contributed by atoms with van der Waals surface area (Å²) in [5, 5.41) is 2.72. The van der Waals surface area contributed by atoms with Crippen molar-refractivity contribution in [1.82, 2.24) is 15.3 Å². The van der Waals surface area contributed by atoms with Crippen molar-refractivity contribution in [3.05, 3.63) is 36.7 Å². The molecule has 0 unspecified atom stereocenters. The minimum atomic E-state index is -4.71. The summed E-state index contributed by atoms with van der Waals surface area (Å²) in [6.45, 7) is 2.32. The average molecular weight is 380 g/mol. The van der Waals surface area contributed by atoms with Crippen molar-refractivity contribution >= 4 is 12.2 Å². The summed E-state index contributed by atoms with van der Waals surface area (Å²) < 4.78 is 40.6. The second-order valence-electron chi connectivity index (χ2n) is 6.29. The van der Waals surface area contributed by atoms with E-state index < -0.39 is 6.36 Å². The largest absolute Gasteiger partial charge is 0.573 e. The fourth-order valence-electron chi connectivity index (χ4n) is 3.09.